The fraction of sp³-hybridized carbons (Fsp3) is 1.00. The van der Waals surface area contributed by atoms with Crippen molar-refractivity contribution in [3.8, 4) is 0 Å². The molecule has 0 amide bonds. The van der Waals surface area contributed by atoms with Gasteiger partial charge in [-0.1, -0.05) is 13.3 Å². The third-order valence-electron chi connectivity index (χ3n) is 3.18. The van der Waals surface area contributed by atoms with Gasteiger partial charge >= 0.3 is 0 Å². The maximum atomic E-state index is 11.7. The Morgan fingerprint density at radius 1 is 1.31 bits per heavy atom. The first kappa shape index (κ1) is 15.9. The number of hydrogen-bond acceptors (Lipinski definition) is 4. The lowest BCUT2D eigenvalue weighted by molar-refractivity contribution is 0.117. The average molecular weight is 251 g/mol. The number of nitrogens with two attached hydrogens (primary N) is 1. The van der Waals surface area contributed by atoms with Crippen LogP contribution in [0.3, 0.4) is 0 Å². The van der Waals surface area contributed by atoms with Gasteiger partial charge in [-0.15, -0.1) is 0 Å². The molecule has 1 atom stereocenters. The van der Waals surface area contributed by atoms with Crippen LogP contribution in [0.25, 0.3) is 0 Å². The zero-order chi connectivity index (χ0) is 12.8. The van der Waals surface area contributed by atoms with Gasteiger partial charge in [-0.3, -0.25) is 0 Å². The summed E-state index contributed by atoms with van der Waals surface area (Å²) in [4.78, 5) is 0. The first-order valence-corrected chi connectivity index (χ1v) is 7.57. The summed E-state index contributed by atoms with van der Waals surface area (Å²) in [5.74, 6) is 0.114. The fourth-order valence-electron chi connectivity index (χ4n) is 1.68. The molecule has 98 valence electrons. The van der Waals surface area contributed by atoms with E-state index in [1.807, 2.05) is 6.92 Å². The molecule has 3 N–H and O–H groups in total. The topological polar surface area (TPSA) is 80.4 Å². The zero-order valence-electron chi connectivity index (χ0n) is 10.6. The summed E-state index contributed by atoms with van der Waals surface area (Å²) in [5, 5.41) is 9.01. The smallest absolute Gasteiger partial charge is 0.152 e. The lowest BCUT2D eigenvalue weighted by Gasteiger charge is -2.30. The molecule has 0 saturated heterocycles. The minimum atomic E-state index is -3.04. The van der Waals surface area contributed by atoms with Gasteiger partial charge in [0.1, 0.15) is 0 Å². The first-order valence-electron chi connectivity index (χ1n) is 5.86. The van der Waals surface area contributed by atoms with Crippen LogP contribution in [0.4, 0.5) is 0 Å². The van der Waals surface area contributed by atoms with Crippen molar-refractivity contribution >= 4 is 9.84 Å². The van der Waals surface area contributed by atoms with Gasteiger partial charge in [0, 0.05) is 18.6 Å². The van der Waals surface area contributed by atoms with E-state index in [1.165, 1.54) is 0 Å². The molecule has 0 bridgehead atoms. The highest BCUT2D eigenvalue weighted by atomic mass is 32.2. The Balaban J connectivity index is 4.55. The van der Waals surface area contributed by atoms with E-state index in [2.05, 4.69) is 0 Å². The van der Waals surface area contributed by atoms with Crippen LogP contribution in [0.15, 0.2) is 0 Å². The highest BCUT2D eigenvalue weighted by Crippen LogP contribution is 2.27. The molecule has 0 aliphatic heterocycles. The molecule has 0 heterocycles. The van der Waals surface area contributed by atoms with Gasteiger partial charge in [0.25, 0.3) is 0 Å². The zero-order valence-corrected chi connectivity index (χ0v) is 11.4. The molecule has 0 radical (unpaired) electrons. The average Bonchev–Trinajstić information content (AvgIpc) is 2.24. The third-order valence-corrected chi connectivity index (χ3v) is 5.39. The highest BCUT2D eigenvalue weighted by Gasteiger charge is 2.29. The summed E-state index contributed by atoms with van der Waals surface area (Å²) >= 11 is 0. The second-order valence-electron chi connectivity index (χ2n) is 4.78. The van der Waals surface area contributed by atoms with Crippen molar-refractivity contribution in [2.45, 2.75) is 45.3 Å². The molecule has 1 unspecified atom stereocenters. The van der Waals surface area contributed by atoms with Crippen molar-refractivity contribution in [2.24, 2.45) is 11.1 Å². The minimum Gasteiger partial charge on any atom is -0.396 e. The molecule has 0 rings (SSSR count). The Bertz CT molecular complexity index is 282. The second kappa shape index (κ2) is 6.57. The number of sulfone groups is 1. The minimum absolute atomic E-state index is 0.0368. The van der Waals surface area contributed by atoms with E-state index in [0.717, 1.165) is 12.8 Å². The Morgan fingerprint density at radius 2 is 1.88 bits per heavy atom. The maximum Gasteiger partial charge on any atom is 0.152 e. The quantitative estimate of drug-likeness (QED) is 0.672. The maximum absolute atomic E-state index is 11.7. The summed E-state index contributed by atoms with van der Waals surface area (Å²) in [6, 6.07) is 0. The van der Waals surface area contributed by atoms with E-state index in [1.54, 1.807) is 13.8 Å². The molecule has 0 saturated carbocycles. The molecular weight excluding hydrogens is 226 g/mol. The Kier molecular flexibility index (Phi) is 6.51. The van der Waals surface area contributed by atoms with Crippen molar-refractivity contribution in [2.75, 3.05) is 18.9 Å². The Morgan fingerprint density at radius 3 is 2.19 bits per heavy atom. The molecule has 0 aromatic heterocycles. The molecule has 5 heteroatoms. The molecule has 16 heavy (non-hydrogen) atoms. The lowest BCUT2D eigenvalue weighted by Crippen LogP contribution is -2.37. The van der Waals surface area contributed by atoms with Crippen LogP contribution >= 0.6 is 0 Å². The van der Waals surface area contributed by atoms with Gasteiger partial charge in [0.05, 0.1) is 11.0 Å². The van der Waals surface area contributed by atoms with Crippen LogP contribution < -0.4 is 5.73 Å². The molecule has 4 nitrogen and oxygen atoms in total. The lowest BCUT2D eigenvalue weighted by atomic mass is 9.82. The largest absolute Gasteiger partial charge is 0.396 e. The first-order chi connectivity index (χ1) is 7.33. The SMILES string of the molecule is CCCC(CN)(CO)CCS(=O)(=O)C(C)C. The van der Waals surface area contributed by atoms with Crippen LogP contribution in [0.5, 0.6) is 0 Å². The monoisotopic (exact) mass is 251 g/mol. The fourth-order valence-corrected chi connectivity index (χ4v) is 2.87. The summed E-state index contributed by atoms with van der Waals surface area (Å²) < 4.78 is 23.4. The van der Waals surface area contributed by atoms with Gasteiger partial charge in [-0.05, 0) is 26.7 Å². The standard InChI is InChI=1S/C11H25NO3S/c1-4-5-11(8-12,9-13)6-7-16(14,15)10(2)3/h10,13H,4-9,12H2,1-3H3. The van der Waals surface area contributed by atoms with Crippen molar-refractivity contribution in [3.05, 3.63) is 0 Å². The molecule has 0 aliphatic rings. The van der Waals surface area contributed by atoms with Crippen molar-refractivity contribution in [1.82, 2.24) is 0 Å². The van der Waals surface area contributed by atoms with Crippen LogP contribution in [0, 0.1) is 5.41 Å². The number of rotatable bonds is 8. The molecular formula is C11H25NO3S. The third kappa shape index (κ3) is 4.39. The van der Waals surface area contributed by atoms with Crippen molar-refractivity contribution in [3.63, 3.8) is 0 Å². The molecule has 0 fully saturated rings. The summed E-state index contributed by atoms with van der Waals surface area (Å²) in [6.07, 6.45) is 2.13. The summed E-state index contributed by atoms with van der Waals surface area (Å²) in [7, 11) is -3.04. The Hall–Kier alpha value is -0.130. The second-order valence-corrected chi connectivity index (χ2v) is 7.45. The number of aliphatic hydroxyl groups is 1. The van der Waals surface area contributed by atoms with Gasteiger partial charge in [-0.2, -0.15) is 0 Å². The molecule has 0 spiro atoms. The van der Waals surface area contributed by atoms with E-state index < -0.39 is 15.3 Å². The predicted molar refractivity (Wildman–Crippen MR) is 67.0 cm³/mol. The molecule has 0 aliphatic carbocycles. The summed E-state index contributed by atoms with van der Waals surface area (Å²) in [6.45, 7) is 5.67. The van der Waals surface area contributed by atoms with Gasteiger partial charge in [0.2, 0.25) is 0 Å². The van der Waals surface area contributed by atoms with E-state index in [9.17, 15) is 13.5 Å². The molecule has 0 aromatic carbocycles. The van der Waals surface area contributed by atoms with Gasteiger partial charge in [0.15, 0.2) is 9.84 Å². The number of aliphatic hydroxyl groups excluding tert-OH is 1. The normalized spacial score (nSPS) is 16.4. The van der Waals surface area contributed by atoms with Crippen molar-refractivity contribution < 1.29 is 13.5 Å². The van der Waals surface area contributed by atoms with E-state index in [0.29, 0.717) is 13.0 Å². The summed E-state index contributed by atoms with van der Waals surface area (Å²) in [5.41, 5.74) is 5.24. The van der Waals surface area contributed by atoms with E-state index in [-0.39, 0.29) is 17.6 Å². The van der Waals surface area contributed by atoms with Gasteiger partial charge < -0.3 is 10.8 Å². The van der Waals surface area contributed by atoms with Crippen LogP contribution in [0.2, 0.25) is 0 Å². The van der Waals surface area contributed by atoms with E-state index >= 15 is 0 Å². The van der Waals surface area contributed by atoms with Crippen molar-refractivity contribution in [1.29, 1.82) is 0 Å². The highest BCUT2D eigenvalue weighted by molar-refractivity contribution is 7.91. The van der Waals surface area contributed by atoms with Crippen LogP contribution in [-0.2, 0) is 9.84 Å². The Labute approximate surface area is 99.1 Å². The van der Waals surface area contributed by atoms with Crippen LogP contribution in [0.1, 0.15) is 40.0 Å². The van der Waals surface area contributed by atoms with Crippen LogP contribution in [-0.4, -0.2) is 37.7 Å². The number of hydrogen-bond donors (Lipinski definition) is 2. The predicted octanol–water partition coefficient (Wildman–Crippen LogP) is 0.937. The van der Waals surface area contributed by atoms with Gasteiger partial charge in [-0.25, -0.2) is 8.42 Å². The molecule has 0 aromatic rings. The van der Waals surface area contributed by atoms with E-state index in [4.69, 9.17) is 5.73 Å².